The number of rotatable bonds is 18. The minimum absolute atomic E-state index is 0.202. The minimum Gasteiger partial charge on any atom is -0.489 e. The van der Waals surface area contributed by atoms with Crippen molar-refractivity contribution in [3.8, 4) is 28.0 Å². The highest BCUT2D eigenvalue weighted by Gasteiger charge is 2.41. The quantitative estimate of drug-likeness (QED) is 0.0602. The van der Waals surface area contributed by atoms with Gasteiger partial charge < -0.3 is 55.8 Å². The molecule has 0 bridgehead atoms. The van der Waals surface area contributed by atoms with Crippen molar-refractivity contribution in [2.75, 3.05) is 119 Å². The number of nitrogens with two attached hydrogens (primary N) is 1. The number of pyridine rings is 2. The van der Waals surface area contributed by atoms with Gasteiger partial charge in [0.15, 0.2) is 0 Å². The summed E-state index contributed by atoms with van der Waals surface area (Å²) in [6.45, 7) is 12.8. The van der Waals surface area contributed by atoms with Crippen molar-refractivity contribution < 1.29 is 27.9 Å². The lowest BCUT2D eigenvalue weighted by Crippen LogP contribution is -2.49. The van der Waals surface area contributed by atoms with Crippen molar-refractivity contribution in [3.05, 3.63) is 208 Å². The van der Waals surface area contributed by atoms with Crippen molar-refractivity contribution in [3.63, 3.8) is 0 Å². The lowest BCUT2D eigenvalue weighted by molar-refractivity contribution is -0.132. The first-order chi connectivity index (χ1) is 45.2. The Labute approximate surface area is 555 Å². The average Bonchev–Trinajstić information content (AvgIpc) is 1.91. The number of hydrogen-bond acceptors (Lipinski definition) is 13. The fourth-order valence-electron chi connectivity index (χ4n) is 12.3. The number of aromatic nitrogens is 2. The highest BCUT2D eigenvalue weighted by atomic mass is 79.9. The molecule has 0 spiro atoms. The third-order valence-corrected chi connectivity index (χ3v) is 19.5. The molecule has 5 aromatic carbocycles. The van der Waals surface area contributed by atoms with E-state index in [9.17, 15) is 23.2 Å². The summed E-state index contributed by atoms with van der Waals surface area (Å²) in [5.74, 6) is 2.70. The van der Waals surface area contributed by atoms with Gasteiger partial charge in [0.05, 0.1) is 19.6 Å². The number of halogens is 3. The van der Waals surface area contributed by atoms with Gasteiger partial charge in [-0.15, -0.1) is 0 Å². The zero-order valence-corrected chi connectivity index (χ0v) is 55.4. The third kappa shape index (κ3) is 19.9. The number of hydrogen-bond donors (Lipinski definition) is 4. The van der Waals surface area contributed by atoms with E-state index in [1.807, 2.05) is 57.2 Å². The van der Waals surface area contributed by atoms with Crippen LogP contribution >= 0.6 is 15.9 Å². The predicted molar refractivity (Wildman–Crippen MR) is 366 cm³/mol. The number of amides is 3. The Kier molecular flexibility index (Phi) is 23.2. The lowest BCUT2D eigenvalue weighted by Gasteiger charge is -2.32. The number of ether oxygens (including phenoxy) is 1. The van der Waals surface area contributed by atoms with Crippen molar-refractivity contribution in [2.24, 2.45) is 5.73 Å². The van der Waals surface area contributed by atoms with E-state index < -0.39 is 11.9 Å². The van der Waals surface area contributed by atoms with E-state index in [1.165, 1.54) is 39.9 Å². The van der Waals surface area contributed by atoms with Gasteiger partial charge in [-0.05, 0) is 134 Å². The summed E-state index contributed by atoms with van der Waals surface area (Å²) in [6.07, 6.45) is 7.48. The first-order valence-corrected chi connectivity index (χ1v) is 33.8. The summed E-state index contributed by atoms with van der Waals surface area (Å²) in [4.78, 5) is 56.9. The van der Waals surface area contributed by atoms with Gasteiger partial charge in [-0.1, -0.05) is 119 Å². The van der Waals surface area contributed by atoms with Crippen LogP contribution in [0, 0.1) is 11.9 Å². The maximum atomic E-state index is 12.9. The normalized spacial score (nSPS) is 23.2. The Morgan fingerprint density at radius 1 is 0.452 bits per heavy atom. The van der Waals surface area contributed by atoms with Crippen molar-refractivity contribution in [1.82, 2.24) is 55.3 Å². The van der Waals surface area contributed by atoms with Gasteiger partial charge in [0.1, 0.15) is 12.4 Å². The second-order valence-corrected chi connectivity index (χ2v) is 26.8. The maximum absolute atomic E-state index is 12.9. The summed E-state index contributed by atoms with van der Waals surface area (Å²) in [7, 11) is 6.30. The van der Waals surface area contributed by atoms with E-state index in [0.29, 0.717) is 74.1 Å². The molecular weight excluding hydrogens is 1240 g/mol. The molecule has 93 heavy (non-hydrogen) atoms. The van der Waals surface area contributed by atoms with Crippen LogP contribution in [0.5, 0.6) is 5.75 Å². The highest BCUT2D eigenvalue weighted by Crippen LogP contribution is 2.44. The molecule has 3 saturated heterocycles. The number of likely N-dealkylation sites (N-methyl/N-ethyl adjacent to an activating group) is 3. The molecular formula is C74H89BrF2N12O4. The monoisotopic (exact) mass is 1330 g/mol. The van der Waals surface area contributed by atoms with E-state index in [1.54, 1.807) is 24.5 Å². The first kappa shape index (κ1) is 67.1. The Morgan fingerprint density at radius 3 is 1.13 bits per heavy atom. The smallest absolute Gasteiger partial charge is 0.236 e. The molecule has 7 aliphatic rings. The lowest BCUT2D eigenvalue weighted by atomic mass is 10.0. The van der Waals surface area contributed by atoms with Gasteiger partial charge in [0.2, 0.25) is 29.6 Å². The van der Waals surface area contributed by atoms with Crippen LogP contribution in [0.2, 0.25) is 0 Å². The highest BCUT2D eigenvalue weighted by molar-refractivity contribution is 9.10. The predicted octanol–water partition coefficient (Wildman–Crippen LogP) is 8.96. The molecule has 14 rings (SSSR count). The Hall–Kier alpha value is -7.33. The van der Waals surface area contributed by atoms with Crippen LogP contribution < -0.4 is 26.4 Å². The topological polar surface area (TPSA) is 168 Å². The molecule has 7 fully saturated rings. The Balaban J connectivity index is 0.000000129. The number of nitrogens with one attached hydrogen (secondary N) is 3. The van der Waals surface area contributed by atoms with Gasteiger partial charge >= 0.3 is 0 Å². The Morgan fingerprint density at radius 2 is 0.785 bits per heavy atom. The second-order valence-electron chi connectivity index (χ2n) is 25.9. The number of carbonyl (C=O) groups excluding carboxylic acids is 3. The molecule has 4 saturated carbocycles. The molecule has 16 nitrogen and oxygen atoms in total. The molecule has 19 heteroatoms. The Bertz CT molecular complexity index is 3500. The van der Waals surface area contributed by atoms with E-state index >= 15 is 0 Å². The molecule has 5 N–H and O–H groups in total. The van der Waals surface area contributed by atoms with Crippen molar-refractivity contribution >= 4 is 33.7 Å². The van der Waals surface area contributed by atoms with E-state index in [-0.39, 0.29) is 17.7 Å². The second kappa shape index (κ2) is 32.2. The SMILES string of the molecule is CN1CCN(C(=O)CNC2CC2c2ccc(-c3ccc(F)nc3)cc2)CC1.CN1CCN(C(=O)CNC2CC2c2ccc(Br)cc2)CC1.CN1CCN(C(=O)CNC2CC2c2ccc(OCc3ccccc3)cc2)CC1.NC1CC1c1ccc(-c2ccc(F)nc2)cc1. The van der Waals surface area contributed by atoms with Gasteiger partial charge in [0.25, 0.3) is 0 Å². The molecule has 5 heterocycles. The molecule has 0 radical (unpaired) electrons. The van der Waals surface area contributed by atoms with Crippen LogP contribution in [0.4, 0.5) is 8.78 Å². The number of piperazine rings is 3. The fourth-order valence-corrected chi connectivity index (χ4v) is 12.6. The maximum Gasteiger partial charge on any atom is 0.236 e. The average molecular weight is 1330 g/mol. The molecule has 3 amide bonds. The molecule has 8 unspecified atom stereocenters. The van der Waals surface area contributed by atoms with Gasteiger partial charge in [-0.25, -0.2) is 9.97 Å². The molecule has 4 aliphatic carbocycles. The molecule has 3 aliphatic heterocycles. The zero-order chi connectivity index (χ0) is 64.8. The third-order valence-electron chi connectivity index (χ3n) is 19.0. The minimum atomic E-state index is -0.464. The van der Waals surface area contributed by atoms with Gasteiger partial charge in [0, 0.05) is 154 Å². The van der Waals surface area contributed by atoms with E-state index in [2.05, 4.69) is 163 Å². The summed E-state index contributed by atoms with van der Waals surface area (Å²) in [5.41, 5.74) is 16.1. The van der Waals surface area contributed by atoms with Crippen LogP contribution in [-0.2, 0) is 21.0 Å². The van der Waals surface area contributed by atoms with Gasteiger partial charge in [-0.3, -0.25) is 14.4 Å². The summed E-state index contributed by atoms with van der Waals surface area (Å²) >= 11 is 3.46. The molecule has 490 valence electrons. The van der Waals surface area contributed by atoms with Crippen LogP contribution in [0.3, 0.4) is 0 Å². The largest absolute Gasteiger partial charge is 0.489 e. The van der Waals surface area contributed by atoms with E-state index in [0.717, 1.165) is 137 Å². The zero-order valence-electron chi connectivity index (χ0n) is 53.8. The number of benzene rings is 5. The molecule has 2 aromatic heterocycles. The van der Waals surface area contributed by atoms with Crippen LogP contribution in [0.15, 0.2) is 169 Å². The van der Waals surface area contributed by atoms with Gasteiger partial charge in [-0.2, -0.15) is 8.78 Å². The van der Waals surface area contributed by atoms with Crippen LogP contribution in [0.1, 0.15) is 77.2 Å². The standard InChI is InChI=1S/C23H29N3O2.C21H25FN4O.C16H22BrN3O.C14H13FN2/c1-25-11-13-26(14-12-25)23(27)16-24-22-15-21(22)19-7-9-20(10-8-19)28-17-18-5-3-2-4-6-18;1-25-8-10-26(11-9-25)21(27)14-23-19-12-18(19)16-4-2-15(3-5-16)17-6-7-20(22)24-13-17;1-19-6-8-20(9-7-19)16(21)11-18-15-10-14(15)12-2-4-13(17)5-3-12;15-14-6-5-11(8-17-14)9-1-3-10(4-2-9)12-7-13(12)16/h2-10,21-22,24H,11-17H2,1H3;2-7,13,18-19,23H,8-12,14H2,1H3;2-5,14-15,18H,6-11H2,1H3;1-6,8,12-13H,7,16H2. The number of carbonyl (C=O) groups is 3. The summed E-state index contributed by atoms with van der Waals surface area (Å²) in [6, 6.07) is 51.5. The fraction of sp³-hybridized carbons (Fsp3) is 0.419. The van der Waals surface area contributed by atoms with Crippen molar-refractivity contribution in [2.45, 2.75) is 80.1 Å². The van der Waals surface area contributed by atoms with Crippen LogP contribution in [-0.4, -0.2) is 201 Å². The summed E-state index contributed by atoms with van der Waals surface area (Å²) < 4.78 is 32.6. The van der Waals surface area contributed by atoms with Crippen molar-refractivity contribution in [1.29, 1.82) is 0 Å². The molecule has 7 aromatic rings. The molecule has 8 atom stereocenters. The number of nitrogens with zero attached hydrogens (tertiary/aromatic N) is 8. The first-order valence-electron chi connectivity index (χ1n) is 33.0. The van der Waals surface area contributed by atoms with Crippen LogP contribution in [0.25, 0.3) is 22.3 Å². The van der Waals surface area contributed by atoms with E-state index in [4.69, 9.17) is 10.5 Å². The summed E-state index contributed by atoms with van der Waals surface area (Å²) in [5, 5.41) is 10.3.